The van der Waals surface area contributed by atoms with E-state index in [4.69, 9.17) is 4.74 Å². The van der Waals surface area contributed by atoms with Crippen LogP contribution in [0.3, 0.4) is 0 Å². The van der Waals surface area contributed by atoms with Gasteiger partial charge in [-0.2, -0.15) is 0 Å². The Labute approximate surface area is 189 Å². The number of aromatic amines is 1. The summed E-state index contributed by atoms with van der Waals surface area (Å²) in [5.41, 5.74) is 6.47. The Kier molecular flexibility index (Phi) is 5.53. The van der Waals surface area contributed by atoms with Gasteiger partial charge in [-0.1, -0.05) is 19.4 Å². The highest BCUT2D eigenvalue weighted by Gasteiger charge is 2.28. The summed E-state index contributed by atoms with van der Waals surface area (Å²) in [5.74, 6) is 2.46. The third kappa shape index (κ3) is 3.94. The molecule has 1 fully saturated rings. The lowest BCUT2D eigenvalue weighted by Gasteiger charge is -2.35. The lowest BCUT2D eigenvalue weighted by Crippen LogP contribution is -2.47. The van der Waals surface area contributed by atoms with Gasteiger partial charge in [-0.25, -0.2) is 9.78 Å². The van der Waals surface area contributed by atoms with E-state index in [1.54, 1.807) is 0 Å². The summed E-state index contributed by atoms with van der Waals surface area (Å²) in [5, 5.41) is 0. The summed E-state index contributed by atoms with van der Waals surface area (Å²) >= 11 is 0. The second-order valence-corrected chi connectivity index (χ2v) is 9.25. The summed E-state index contributed by atoms with van der Waals surface area (Å²) in [6, 6.07) is 10.8. The van der Waals surface area contributed by atoms with Crippen LogP contribution in [0.2, 0.25) is 0 Å². The molecular weight excluding hydrogens is 400 g/mol. The zero-order chi connectivity index (χ0) is 22.2. The molecule has 1 aromatic heterocycles. The van der Waals surface area contributed by atoms with Crippen LogP contribution in [-0.4, -0.2) is 52.0 Å². The molecule has 0 saturated carbocycles. The van der Waals surface area contributed by atoms with Gasteiger partial charge in [0.05, 0.1) is 24.1 Å². The van der Waals surface area contributed by atoms with Gasteiger partial charge >= 0.3 is 6.03 Å². The first-order valence-electron chi connectivity index (χ1n) is 11.8. The van der Waals surface area contributed by atoms with Crippen molar-refractivity contribution in [2.45, 2.75) is 46.6 Å². The second kappa shape index (κ2) is 8.49. The van der Waals surface area contributed by atoms with Gasteiger partial charge in [0.15, 0.2) is 0 Å². The Morgan fingerprint density at radius 3 is 2.88 bits per heavy atom. The summed E-state index contributed by atoms with van der Waals surface area (Å²) in [7, 11) is 0. The Balaban J connectivity index is 1.44. The number of rotatable bonds is 2. The Hall–Kier alpha value is -3.02. The van der Waals surface area contributed by atoms with E-state index in [1.807, 2.05) is 16.7 Å². The molecule has 1 N–H and O–H groups in total. The molecule has 2 aliphatic heterocycles. The molecule has 5 rings (SSSR count). The van der Waals surface area contributed by atoms with E-state index in [0.717, 1.165) is 70.8 Å². The monoisotopic (exact) mass is 432 g/mol. The first-order chi connectivity index (χ1) is 15.5. The number of nitrogens with one attached hydrogen (secondary N) is 1. The highest BCUT2D eigenvalue weighted by atomic mass is 16.5. The number of piperidine rings is 1. The number of aryl methyl sites for hydroxylation is 2. The molecule has 3 heterocycles. The number of carbonyl (C=O) groups excluding carboxylic acids is 1. The SMILES string of the molecule is CCC1CCCN(C(=O)N2CCOc3c(C)cc(-c4ccc5nc(C)[nH]c5c4)cc3C2)C1. The molecule has 3 aromatic rings. The minimum atomic E-state index is 0.150. The van der Waals surface area contributed by atoms with Crippen LogP contribution in [0, 0.1) is 19.8 Å². The Bertz CT molecular complexity index is 1150. The van der Waals surface area contributed by atoms with Crippen molar-refractivity contribution in [3.05, 3.63) is 47.3 Å². The van der Waals surface area contributed by atoms with E-state index >= 15 is 0 Å². The quantitative estimate of drug-likeness (QED) is 0.599. The Morgan fingerprint density at radius 1 is 1.16 bits per heavy atom. The van der Waals surface area contributed by atoms with Crippen LogP contribution in [0.15, 0.2) is 30.3 Å². The number of aromatic nitrogens is 2. The van der Waals surface area contributed by atoms with Gasteiger partial charge in [-0.05, 0) is 73.6 Å². The van der Waals surface area contributed by atoms with Crippen LogP contribution in [0.4, 0.5) is 4.79 Å². The van der Waals surface area contributed by atoms with Crippen LogP contribution in [0.1, 0.15) is 43.1 Å². The number of carbonyl (C=O) groups is 1. The number of imidazole rings is 1. The van der Waals surface area contributed by atoms with Crippen LogP contribution >= 0.6 is 0 Å². The van der Waals surface area contributed by atoms with Crippen LogP contribution in [0.25, 0.3) is 22.2 Å². The van der Waals surface area contributed by atoms with Gasteiger partial charge < -0.3 is 19.5 Å². The second-order valence-electron chi connectivity index (χ2n) is 9.25. The zero-order valence-electron chi connectivity index (χ0n) is 19.3. The van der Waals surface area contributed by atoms with E-state index in [-0.39, 0.29) is 6.03 Å². The number of hydrogen-bond acceptors (Lipinski definition) is 3. The summed E-state index contributed by atoms with van der Waals surface area (Å²) in [6.45, 7) is 9.76. The minimum Gasteiger partial charge on any atom is -0.491 e. The molecule has 168 valence electrons. The van der Waals surface area contributed by atoms with Crippen LogP contribution in [-0.2, 0) is 6.54 Å². The summed E-state index contributed by atoms with van der Waals surface area (Å²) < 4.78 is 6.13. The van der Waals surface area contributed by atoms with Crippen molar-refractivity contribution in [2.75, 3.05) is 26.2 Å². The maximum Gasteiger partial charge on any atom is 0.320 e. The first-order valence-corrected chi connectivity index (χ1v) is 11.8. The molecule has 1 unspecified atom stereocenters. The van der Waals surface area contributed by atoms with Crippen molar-refractivity contribution in [2.24, 2.45) is 5.92 Å². The fourth-order valence-corrected chi connectivity index (χ4v) is 5.13. The number of hydrogen-bond donors (Lipinski definition) is 1. The van der Waals surface area contributed by atoms with E-state index in [2.05, 4.69) is 54.1 Å². The first kappa shape index (κ1) is 20.9. The largest absolute Gasteiger partial charge is 0.491 e. The Morgan fingerprint density at radius 2 is 2.03 bits per heavy atom. The fraction of sp³-hybridized carbons (Fsp3) is 0.462. The lowest BCUT2D eigenvalue weighted by molar-refractivity contribution is 0.122. The minimum absolute atomic E-state index is 0.150. The maximum absolute atomic E-state index is 13.4. The number of urea groups is 1. The van der Waals surface area contributed by atoms with Gasteiger partial charge in [0.25, 0.3) is 0 Å². The molecule has 2 amide bonds. The van der Waals surface area contributed by atoms with Crippen molar-refractivity contribution in [3.8, 4) is 16.9 Å². The molecule has 1 atom stereocenters. The average molecular weight is 433 g/mol. The average Bonchev–Trinajstić information content (AvgIpc) is 3.03. The number of nitrogens with zero attached hydrogens (tertiary/aromatic N) is 3. The van der Waals surface area contributed by atoms with E-state index in [1.165, 1.54) is 6.42 Å². The van der Waals surface area contributed by atoms with Gasteiger partial charge in [0.2, 0.25) is 0 Å². The number of amides is 2. The number of likely N-dealkylation sites (tertiary alicyclic amines) is 1. The topological polar surface area (TPSA) is 61.5 Å². The molecule has 6 nitrogen and oxygen atoms in total. The molecule has 1 saturated heterocycles. The van der Waals surface area contributed by atoms with E-state index in [0.29, 0.717) is 25.6 Å². The lowest BCUT2D eigenvalue weighted by atomic mass is 9.96. The van der Waals surface area contributed by atoms with Gasteiger partial charge in [0, 0.05) is 18.7 Å². The number of benzene rings is 2. The summed E-state index contributed by atoms with van der Waals surface area (Å²) in [6.07, 6.45) is 3.47. The molecule has 0 aliphatic carbocycles. The van der Waals surface area contributed by atoms with Crippen molar-refractivity contribution in [1.82, 2.24) is 19.8 Å². The third-order valence-corrected chi connectivity index (χ3v) is 6.89. The number of fused-ring (bicyclic) bond motifs is 2. The van der Waals surface area contributed by atoms with E-state index < -0.39 is 0 Å². The van der Waals surface area contributed by atoms with Gasteiger partial charge in [-0.3, -0.25) is 0 Å². The van der Waals surface area contributed by atoms with Crippen LogP contribution < -0.4 is 4.74 Å². The molecule has 2 aliphatic rings. The van der Waals surface area contributed by atoms with Crippen molar-refractivity contribution < 1.29 is 9.53 Å². The zero-order valence-corrected chi connectivity index (χ0v) is 19.3. The molecule has 2 aromatic carbocycles. The molecule has 0 bridgehead atoms. The van der Waals surface area contributed by atoms with Gasteiger partial charge in [0.1, 0.15) is 18.2 Å². The molecular formula is C26H32N4O2. The maximum atomic E-state index is 13.4. The summed E-state index contributed by atoms with van der Waals surface area (Å²) in [4.78, 5) is 25.2. The highest BCUT2D eigenvalue weighted by molar-refractivity contribution is 5.82. The smallest absolute Gasteiger partial charge is 0.320 e. The normalized spacial score (nSPS) is 18.9. The van der Waals surface area contributed by atoms with Crippen molar-refractivity contribution >= 4 is 17.1 Å². The van der Waals surface area contributed by atoms with Gasteiger partial charge in [-0.15, -0.1) is 0 Å². The highest BCUT2D eigenvalue weighted by Crippen LogP contribution is 2.34. The van der Waals surface area contributed by atoms with Crippen molar-refractivity contribution in [3.63, 3.8) is 0 Å². The van der Waals surface area contributed by atoms with Crippen molar-refractivity contribution in [1.29, 1.82) is 0 Å². The van der Waals surface area contributed by atoms with Crippen LogP contribution in [0.5, 0.6) is 5.75 Å². The molecule has 0 spiro atoms. The fourth-order valence-electron chi connectivity index (χ4n) is 5.13. The standard InChI is InChI=1S/C26H32N4O2/c1-4-19-6-5-9-29(15-19)26(31)30-10-11-32-25-17(2)12-21(13-22(25)16-30)20-7-8-23-24(14-20)28-18(3)27-23/h7-8,12-14,19H,4-6,9-11,15-16H2,1-3H3,(H,27,28). The molecule has 0 radical (unpaired) electrons. The number of ether oxygens (including phenoxy) is 1. The molecule has 6 heteroatoms. The predicted molar refractivity (Wildman–Crippen MR) is 127 cm³/mol. The molecule has 32 heavy (non-hydrogen) atoms. The van der Waals surface area contributed by atoms with E-state index in [9.17, 15) is 4.79 Å². The predicted octanol–water partition coefficient (Wildman–Crippen LogP) is 5.28. The third-order valence-electron chi connectivity index (χ3n) is 6.89. The number of H-pyrrole nitrogens is 1.